The first-order chi connectivity index (χ1) is 12.6. The van der Waals surface area contributed by atoms with Gasteiger partial charge in [-0.1, -0.05) is 35.9 Å². The number of hydrogen-bond donors (Lipinski definition) is 2. The van der Waals surface area contributed by atoms with Crippen LogP contribution in [0, 0.1) is 13.8 Å². The summed E-state index contributed by atoms with van der Waals surface area (Å²) in [4.78, 5) is 14.5. The van der Waals surface area contributed by atoms with Crippen LogP contribution in [-0.4, -0.2) is 27.7 Å². The highest BCUT2D eigenvalue weighted by molar-refractivity contribution is 5.89. The fraction of sp³-hybridized carbons (Fsp3) is 0.238. The Hall–Kier alpha value is -3.08. The third kappa shape index (κ3) is 3.20. The number of aromatic amines is 1. The fourth-order valence-corrected chi connectivity index (χ4v) is 3.42. The summed E-state index contributed by atoms with van der Waals surface area (Å²) in [6.07, 6.45) is 0.787. The molecule has 0 unspecified atom stereocenters. The molecular formula is C21H22N4O. The molecule has 132 valence electrons. The minimum absolute atomic E-state index is 0.0716. The highest BCUT2D eigenvalue weighted by Gasteiger charge is 2.25. The second kappa shape index (κ2) is 6.67. The third-order valence-corrected chi connectivity index (χ3v) is 4.78. The predicted molar refractivity (Wildman–Crippen MR) is 103 cm³/mol. The van der Waals surface area contributed by atoms with E-state index in [0.717, 1.165) is 40.2 Å². The molecule has 2 amide bonds. The Morgan fingerprint density at radius 1 is 1.12 bits per heavy atom. The van der Waals surface area contributed by atoms with Gasteiger partial charge in [-0.2, -0.15) is 5.10 Å². The van der Waals surface area contributed by atoms with Crippen molar-refractivity contribution in [3.8, 4) is 11.3 Å². The molecule has 0 bridgehead atoms. The number of nitrogens with zero attached hydrogens (tertiary/aromatic N) is 2. The Morgan fingerprint density at radius 3 is 2.65 bits per heavy atom. The lowest BCUT2D eigenvalue weighted by Crippen LogP contribution is -2.38. The SMILES string of the molecule is Cc1cccc(NC(=O)N2CCc3[nH]nc(-c4cccc(C)c4)c3C2)c1. The van der Waals surface area contributed by atoms with Crippen molar-refractivity contribution in [2.75, 3.05) is 11.9 Å². The number of H-pyrrole nitrogens is 1. The minimum atomic E-state index is -0.0716. The summed E-state index contributed by atoms with van der Waals surface area (Å²) in [6.45, 7) is 5.33. The van der Waals surface area contributed by atoms with E-state index in [2.05, 4.69) is 40.6 Å². The molecule has 0 atom stereocenters. The van der Waals surface area contributed by atoms with Crippen molar-refractivity contribution in [2.45, 2.75) is 26.8 Å². The lowest BCUT2D eigenvalue weighted by Gasteiger charge is -2.27. The van der Waals surface area contributed by atoms with Crippen LogP contribution in [0.25, 0.3) is 11.3 Å². The summed E-state index contributed by atoms with van der Waals surface area (Å²) in [6, 6.07) is 16.1. The van der Waals surface area contributed by atoms with Crippen molar-refractivity contribution in [1.82, 2.24) is 15.1 Å². The van der Waals surface area contributed by atoms with Crippen molar-refractivity contribution in [3.05, 3.63) is 70.9 Å². The van der Waals surface area contributed by atoms with E-state index in [0.29, 0.717) is 13.1 Å². The van der Waals surface area contributed by atoms with Crippen molar-refractivity contribution in [3.63, 3.8) is 0 Å². The standard InChI is InChI=1S/C21H22N4O/c1-14-5-3-7-16(11-14)20-18-13-25(10-9-19(18)23-24-20)21(26)22-17-8-4-6-15(2)12-17/h3-8,11-12H,9-10,13H2,1-2H3,(H,22,26)(H,23,24). The number of benzene rings is 2. The number of rotatable bonds is 2. The highest BCUT2D eigenvalue weighted by Crippen LogP contribution is 2.29. The zero-order valence-electron chi connectivity index (χ0n) is 15.0. The van der Waals surface area contributed by atoms with Crippen molar-refractivity contribution < 1.29 is 4.79 Å². The van der Waals surface area contributed by atoms with Crippen molar-refractivity contribution in [2.24, 2.45) is 0 Å². The Labute approximate surface area is 153 Å². The molecule has 0 fully saturated rings. The Kier molecular flexibility index (Phi) is 4.21. The Balaban J connectivity index is 1.55. The van der Waals surface area contributed by atoms with Gasteiger partial charge in [-0.25, -0.2) is 4.79 Å². The molecule has 5 heteroatoms. The van der Waals surface area contributed by atoms with Crippen molar-refractivity contribution in [1.29, 1.82) is 0 Å². The van der Waals surface area contributed by atoms with Gasteiger partial charge < -0.3 is 10.2 Å². The summed E-state index contributed by atoms with van der Waals surface area (Å²) in [5.74, 6) is 0. The quantitative estimate of drug-likeness (QED) is 0.727. The maximum Gasteiger partial charge on any atom is 0.322 e. The normalized spacial score (nSPS) is 13.4. The zero-order valence-corrected chi connectivity index (χ0v) is 15.0. The van der Waals surface area contributed by atoms with Gasteiger partial charge in [0.15, 0.2) is 0 Å². The molecule has 1 aromatic heterocycles. The number of aromatic nitrogens is 2. The van der Waals surface area contributed by atoms with Gasteiger partial charge in [0.25, 0.3) is 0 Å². The molecule has 0 saturated heterocycles. The summed E-state index contributed by atoms with van der Waals surface area (Å²) < 4.78 is 0. The molecule has 0 aliphatic carbocycles. The van der Waals surface area contributed by atoms with Crippen molar-refractivity contribution >= 4 is 11.7 Å². The molecular weight excluding hydrogens is 324 g/mol. The minimum Gasteiger partial charge on any atom is -0.320 e. The maximum absolute atomic E-state index is 12.7. The first kappa shape index (κ1) is 16.4. The van der Waals surface area contributed by atoms with E-state index in [1.165, 1.54) is 5.56 Å². The van der Waals surface area contributed by atoms with Gasteiger partial charge >= 0.3 is 6.03 Å². The molecule has 5 nitrogen and oxygen atoms in total. The average Bonchev–Trinajstić information content (AvgIpc) is 3.05. The van der Waals surface area contributed by atoms with E-state index < -0.39 is 0 Å². The second-order valence-electron chi connectivity index (χ2n) is 6.87. The molecule has 2 heterocycles. The molecule has 26 heavy (non-hydrogen) atoms. The zero-order chi connectivity index (χ0) is 18.1. The van der Waals surface area contributed by atoms with E-state index in [9.17, 15) is 4.79 Å². The number of hydrogen-bond acceptors (Lipinski definition) is 2. The number of urea groups is 1. The number of anilines is 1. The number of aryl methyl sites for hydroxylation is 2. The van der Waals surface area contributed by atoms with Gasteiger partial charge in [0.1, 0.15) is 0 Å². The van der Waals surface area contributed by atoms with Gasteiger partial charge in [0.05, 0.1) is 12.2 Å². The predicted octanol–water partition coefficient (Wildman–Crippen LogP) is 4.28. The number of nitrogens with one attached hydrogen (secondary N) is 2. The van der Waals surface area contributed by atoms with E-state index in [1.807, 2.05) is 42.2 Å². The monoisotopic (exact) mass is 346 g/mol. The number of carbonyl (C=O) groups is 1. The average molecular weight is 346 g/mol. The first-order valence-electron chi connectivity index (χ1n) is 8.86. The molecule has 0 saturated carbocycles. The second-order valence-corrected chi connectivity index (χ2v) is 6.87. The molecule has 2 N–H and O–H groups in total. The van der Waals surface area contributed by atoms with E-state index in [-0.39, 0.29) is 6.03 Å². The molecule has 0 radical (unpaired) electrons. The smallest absolute Gasteiger partial charge is 0.320 e. The van der Waals surface area contributed by atoms with Gasteiger partial charge in [0.2, 0.25) is 0 Å². The van der Waals surface area contributed by atoms with Crippen LogP contribution < -0.4 is 5.32 Å². The largest absolute Gasteiger partial charge is 0.322 e. The van der Waals surface area contributed by atoms with Crippen LogP contribution in [0.2, 0.25) is 0 Å². The summed E-state index contributed by atoms with van der Waals surface area (Å²) in [5, 5.41) is 10.7. The molecule has 1 aliphatic rings. The number of amides is 2. The fourth-order valence-electron chi connectivity index (χ4n) is 3.42. The van der Waals surface area contributed by atoms with Crippen LogP contribution >= 0.6 is 0 Å². The van der Waals surface area contributed by atoms with E-state index >= 15 is 0 Å². The molecule has 2 aromatic carbocycles. The van der Waals surface area contributed by atoms with Crippen LogP contribution in [0.5, 0.6) is 0 Å². The molecule has 1 aliphatic heterocycles. The van der Waals surface area contributed by atoms with Crippen LogP contribution in [0.4, 0.5) is 10.5 Å². The third-order valence-electron chi connectivity index (χ3n) is 4.78. The van der Waals surface area contributed by atoms with Gasteiger partial charge in [-0.15, -0.1) is 0 Å². The van der Waals surface area contributed by atoms with Gasteiger partial charge in [-0.3, -0.25) is 5.10 Å². The molecule has 0 spiro atoms. The van der Waals surface area contributed by atoms with E-state index in [1.54, 1.807) is 0 Å². The van der Waals surface area contributed by atoms with Crippen LogP contribution in [0.1, 0.15) is 22.4 Å². The summed E-state index contributed by atoms with van der Waals surface area (Å²) in [7, 11) is 0. The molecule has 3 aromatic rings. The summed E-state index contributed by atoms with van der Waals surface area (Å²) in [5.41, 5.74) is 7.42. The Morgan fingerprint density at radius 2 is 1.88 bits per heavy atom. The summed E-state index contributed by atoms with van der Waals surface area (Å²) >= 11 is 0. The topological polar surface area (TPSA) is 61.0 Å². The molecule has 4 rings (SSSR count). The highest BCUT2D eigenvalue weighted by atomic mass is 16.2. The lowest BCUT2D eigenvalue weighted by atomic mass is 10.0. The van der Waals surface area contributed by atoms with Crippen LogP contribution in [-0.2, 0) is 13.0 Å². The number of fused-ring (bicyclic) bond motifs is 1. The van der Waals surface area contributed by atoms with E-state index in [4.69, 9.17) is 0 Å². The van der Waals surface area contributed by atoms with Crippen LogP contribution in [0.15, 0.2) is 48.5 Å². The first-order valence-corrected chi connectivity index (χ1v) is 8.86. The maximum atomic E-state index is 12.7. The lowest BCUT2D eigenvalue weighted by molar-refractivity contribution is 0.206. The van der Waals surface area contributed by atoms with Crippen LogP contribution in [0.3, 0.4) is 0 Å². The number of carbonyl (C=O) groups excluding carboxylic acids is 1. The Bertz CT molecular complexity index is 960. The van der Waals surface area contributed by atoms with Gasteiger partial charge in [-0.05, 0) is 37.6 Å². The van der Waals surface area contributed by atoms with Gasteiger partial charge in [0, 0.05) is 35.5 Å².